The van der Waals surface area contributed by atoms with Gasteiger partial charge in [0.1, 0.15) is 0 Å². The lowest BCUT2D eigenvalue weighted by atomic mass is 10.1. The first-order valence-electron chi connectivity index (χ1n) is 7.36. The summed E-state index contributed by atoms with van der Waals surface area (Å²) in [7, 11) is 0. The second-order valence-electron chi connectivity index (χ2n) is 5.19. The number of unbranched alkanes of at least 4 members (excludes halogenated alkanes) is 1. The van der Waals surface area contributed by atoms with Crippen LogP contribution in [0.2, 0.25) is 0 Å². The number of likely N-dealkylation sites (N-methyl/N-ethyl adjacent to an activating group) is 1. The summed E-state index contributed by atoms with van der Waals surface area (Å²) in [5.74, 6) is 0. The first-order chi connectivity index (χ1) is 8.76. The van der Waals surface area contributed by atoms with Gasteiger partial charge in [-0.05, 0) is 45.1 Å². The normalized spacial score (nSPS) is 22.3. The molecule has 1 fully saturated rings. The number of aliphatic hydroxyl groups is 1. The van der Waals surface area contributed by atoms with Gasteiger partial charge in [0.15, 0.2) is 0 Å². The summed E-state index contributed by atoms with van der Waals surface area (Å²) in [4.78, 5) is 2.26. The molecule has 0 saturated carbocycles. The minimum atomic E-state index is -0.305. The molecule has 0 aromatic carbocycles. The highest BCUT2D eigenvalue weighted by Crippen LogP contribution is 2.14. The van der Waals surface area contributed by atoms with Crippen LogP contribution in [0.1, 0.15) is 45.4 Å². The molecular formula is C14H28NO3. The molecule has 1 N–H and O–H groups in total. The zero-order chi connectivity index (χ0) is 13.2. The first-order valence-corrected chi connectivity index (χ1v) is 7.36. The topological polar surface area (TPSA) is 52.6 Å². The molecule has 4 heteroatoms. The highest BCUT2D eigenvalue weighted by Gasteiger charge is 2.18. The van der Waals surface area contributed by atoms with Crippen LogP contribution in [0.3, 0.4) is 0 Å². The van der Waals surface area contributed by atoms with Gasteiger partial charge in [-0.1, -0.05) is 6.92 Å². The van der Waals surface area contributed by atoms with Crippen molar-refractivity contribution in [2.45, 2.75) is 57.7 Å². The summed E-state index contributed by atoms with van der Waals surface area (Å²) >= 11 is 0. The van der Waals surface area contributed by atoms with Crippen molar-refractivity contribution in [3.05, 3.63) is 0 Å². The molecule has 0 spiro atoms. The van der Waals surface area contributed by atoms with Crippen molar-refractivity contribution in [3.63, 3.8) is 0 Å². The first kappa shape index (κ1) is 15.9. The monoisotopic (exact) mass is 258 g/mol. The Balaban J connectivity index is 2.18. The van der Waals surface area contributed by atoms with Crippen molar-refractivity contribution in [1.29, 1.82) is 0 Å². The molecule has 1 aliphatic heterocycles. The molecule has 1 heterocycles. The van der Waals surface area contributed by atoms with E-state index in [1.54, 1.807) is 0 Å². The standard InChI is InChI=1S/C14H28NO3/c1-2-15(11-13(17)7-3-5-9-16)12-14-8-4-6-10-18-14/h13-14,17H,2-12H2,1H3. The van der Waals surface area contributed by atoms with Gasteiger partial charge in [0.2, 0.25) is 0 Å². The lowest BCUT2D eigenvalue weighted by Gasteiger charge is -2.30. The van der Waals surface area contributed by atoms with E-state index in [0.29, 0.717) is 19.1 Å². The number of hydrogen-bond donors (Lipinski definition) is 1. The van der Waals surface area contributed by atoms with E-state index >= 15 is 0 Å². The zero-order valence-electron chi connectivity index (χ0n) is 11.6. The molecule has 1 aliphatic rings. The van der Waals surface area contributed by atoms with Crippen LogP contribution >= 0.6 is 0 Å². The van der Waals surface area contributed by atoms with Crippen LogP contribution in [0.4, 0.5) is 0 Å². The smallest absolute Gasteiger partial charge is 0.0822 e. The van der Waals surface area contributed by atoms with Crippen LogP contribution in [0.25, 0.3) is 0 Å². The van der Waals surface area contributed by atoms with E-state index in [-0.39, 0.29) is 12.7 Å². The van der Waals surface area contributed by atoms with E-state index in [2.05, 4.69) is 11.8 Å². The maximum atomic E-state index is 10.3. The van der Waals surface area contributed by atoms with Gasteiger partial charge >= 0.3 is 0 Å². The second-order valence-corrected chi connectivity index (χ2v) is 5.19. The fourth-order valence-corrected chi connectivity index (χ4v) is 2.44. The van der Waals surface area contributed by atoms with Crippen molar-refractivity contribution < 1.29 is 14.9 Å². The van der Waals surface area contributed by atoms with Gasteiger partial charge in [0, 0.05) is 19.7 Å². The fraction of sp³-hybridized carbons (Fsp3) is 1.00. The second kappa shape index (κ2) is 9.73. The van der Waals surface area contributed by atoms with Crippen molar-refractivity contribution in [1.82, 2.24) is 4.90 Å². The van der Waals surface area contributed by atoms with Crippen LogP contribution < -0.4 is 0 Å². The predicted molar refractivity (Wildman–Crippen MR) is 71.1 cm³/mol. The number of nitrogens with zero attached hydrogens (tertiary/aromatic N) is 1. The summed E-state index contributed by atoms with van der Waals surface area (Å²) in [6.07, 6.45) is 5.87. The maximum Gasteiger partial charge on any atom is 0.0822 e. The fourth-order valence-electron chi connectivity index (χ4n) is 2.44. The molecule has 0 aliphatic carbocycles. The number of hydrogen-bond acceptors (Lipinski definition) is 3. The lowest BCUT2D eigenvalue weighted by molar-refractivity contribution is -0.0129. The molecule has 1 saturated heterocycles. The van der Waals surface area contributed by atoms with E-state index in [1.165, 1.54) is 12.8 Å². The van der Waals surface area contributed by atoms with Crippen molar-refractivity contribution in [2.24, 2.45) is 0 Å². The Bertz CT molecular complexity index is 195. The van der Waals surface area contributed by atoms with Gasteiger partial charge in [-0.2, -0.15) is 0 Å². The molecule has 1 radical (unpaired) electrons. The maximum absolute atomic E-state index is 10.3. The summed E-state index contributed by atoms with van der Waals surface area (Å²) in [6.45, 7) is 5.55. The Kier molecular flexibility index (Phi) is 8.59. The lowest BCUT2D eigenvalue weighted by Crippen LogP contribution is -2.39. The van der Waals surface area contributed by atoms with Crippen LogP contribution in [-0.4, -0.2) is 55.1 Å². The quantitative estimate of drug-likeness (QED) is 0.642. The van der Waals surface area contributed by atoms with Gasteiger partial charge < -0.3 is 9.84 Å². The average molecular weight is 258 g/mol. The van der Waals surface area contributed by atoms with Crippen LogP contribution in [-0.2, 0) is 9.84 Å². The van der Waals surface area contributed by atoms with E-state index in [4.69, 9.17) is 4.74 Å². The van der Waals surface area contributed by atoms with Crippen molar-refractivity contribution in [2.75, 3.05) is 32.8 Å². The molecule has 0 aromatic heterocycles. The van der Waals surface area contributed by atoms with E-state index < -0.39 is 0 Å². The minimum absolute atomic E-state index is 0.0277. The Morgan fingerprint density at radius 2 is 2.22 bits per heavy atom. The van der Waals surface area contributed by atoms with Crippen molar-refractivity contribution in [3.8, 4) is 0 Å². The van der Waals surface area contributed by atoms with Crippen LogP contribution in [0.5, 0.6) is 0 Å². The third kappa shape index (κ3) is 6.69. The van der Waals surface area contributed by atoms with Gasteiger partial charge in [-0.3, -0.25) is 4.90 Å². The Labute approximate surface area is 111 Å². The highest BCUT2D eigenvalue weighted by molar-refractivity contribution is 4.71. The molecular weight excluding hydrogens is 230 g/mol. The zero-order valence-corrected chi connectivity index (χ0v) is 11.6. The third-order valence-corrected chi connectivity index (χ3v) is 3.58. The van der Waals surface area contributed by atoms with E-state index in [9.17, 15) is 10.2 Å². The van der Waals surface area contributed by atoms with Gasteiger partial charge in [-0.25, -0.2) is 5.11 Å². The molecule has 2 atom stereocenters. The molecule has 18 heavy (non-hydrogen) atoms. The largest absolute Gasteiger partial charge is 0.392 e. The summed E-state index contributed by atoms with van der Waals surface area (Å²) in [5.41, 5.74) is 0. The molecule has 0 aromatic rings. The van der Waals surface area contributed by atoms with Crippen LogP contribution in [0, 0.1) is 0 Å². The molecule has 0 amide bonds. The number of rotatable bonds is 9. The summed E-state index contributed by atoms with van der Waals surface area (Å²) in [6, 6.07) is 0. The minimum Gasteiger partial charge on any atom is -0.392 e. The van der Waals surface area contributed by atoms with E-state index in [0.717, 1.165) is 39.0 Å². The summed E-state index contributed by atoms with van der Waals surface area (Å²) < 4.78 is 5.73. The van der Waals surface area contributed by atoms with Gasteiger partial charge in [-0.15, -0.1) is 0 Å². The highest BCUT2D eigenvalue weighted by atomic mass is 16.5. The van der Waals surface area contributed by atoms with Crippen LogP contribution in [0.15, 0.2) is 0 Å². The van der Waals surface area contributed by atoms with Gasteiger partial charge in [0.25, 0.3) is 0 Å². The van der Waals surface area contributed by atoms with Gasteiger partial charge in [0.05, 0.1) is 18.8 Å². The summed E-state index contributed by atoms with van der Waals surface area (Å²) in [5, 5.41) is 20.3. The average Bonchev–Trinajstić information content (AvgIpc) is 2.39. The number of aliphatic hydroxyl groups excluding tert-OH is 1. The Morgan fingerprint density at radius 3 is 2.83 bits per heavy atom. The molecule has 107 valence electrons. The third-order valence-electron chi connectivity index (χ3n) is 3.58. The molecule has 2 unspecified atom stereocenters. The molecule has 4 nitrogen and oxygen atoms in total. The van der Waals surface area contributed by atoms with E-state index in [1.807, 2.05) is 0 Å². The van der Waals surface area contributed by atoms with Crippen molar-refractivity contribution >= 4 is 0 Å². The SMILES string of the molecule is CCN(CC(O)CCCC[O])CC1CCCCO1. The Hall–Kier alpha value is -0.160. The molecule has 0 bridgehead atoms. The number of ether oxygens (including phenoxy) is 1. The Morgan fingerprint density at radius 1 is 1.39 bits per heavy atom. The predicted octanol–water partition coefficient (Wildman–Crippen LogP) is 1.84. The molecule has 1 rings (SSSR count).